The van der Waals surface area contributed by atoms with Gasteiger partial charge in [0, 0.05) is 12.5 Å². The van der Waals surface area contributed by atoms with Crippen molar-refractivity contribution < 1.29 is 44.6 Å². The van der Waals surface area contributed by atoms with Crippen molar-refractivity contribution in [2.45, 2.75) is 69.9 Å². The van der Waals surface area contributed by atoms with Gasteiger partial charge in [-0.25, -0.2) is 4.79 Å². The summed E-state index contributed by atoms with van der Waals surface area (Å²) in [6.07, 6.45) is -6.82. The van der Waals surface area contributed by atoms with Gasteiger partial charge in [-0.3, -0.25) is 4.79 Å². The van der Waals surface area contributed by atoms with Gasteiger partial charge in [-0.15, -0.1) is 0 Å². The number of likely N-dealkylation sites (N-methyl/N-ethyl adjacent to an activating group) is 1. The smallest absolute Gasteiger partial charge is 0.335 e. The van der Waals surface area contributed by atoms with Gasteiger partial charge in [-0.05, 0) is 50.6 Å². The molecule has 0 unspecified atom stereocenters. The zero-order valence-electron chi connectivity index (χ0n) is 17.6. The number of aliphatic carboxylic acids is 2. The maximum atomic E-state index is 11.2. The van der Waals surface area contributed by atoms with E-state index in [0.29, 0.717) is 18.7 Å². The Morgan fingerprint density at radius 3 is 2.29 bits per heavy atom. The zero-order chi connectivity index (χ0) is 23.1. The summed E-state index contributed by atoms with van der Waals surface area (Å²) in [4.78, 5) is 24.1. The lowest BCUT2D eigenvalue weighted by Crippen LogP contribution is -2.61. The first-order chi connectivity index (χ1) is 14.6. The average molecular weight is 441 g/mol. The van der Waals surface area contributed by atoms with E-state index < -0.39 is 42.6 Å². The molecule has 0 saturated carbocycles. The number of rotatable bonds is 11. The molecule has 1 fully saturated rings. The molecule has 10 heteroatoms. The lowest BCUT2D eigenvalue weighted by atomic mass is 9.99. The number of aliphatic hydroxyl groups is 3. The summed E-state index contributed by atoms with van der Waals surface area (Å²) in [5, 5.41) is 47.5. The van der Waals surface area contributed by atoms with Gasteiger partial charge < -0.3 is 39.9 Å². The SMILES string of the molecule is CCN(CCCC(=O)O)[C@@H](C)Cc1ccc(O[C@@H]2O[C@H](C(=O)O)[C@@H](O)[C@H](O)[C@H]2O)cc1. The van der Waals surface area contributed by atoms with Crippen molar-refractivity contribution in [2.24, 2.45) is 0 Å². The number of carbonyl (C=O) groups is 2. The maximum Gasteiger partial charge on any atom is 0.335 e. The predicted octanol–water partition coefficient (Wildman–Crippen LogP) is 0.0753. The lowest BCUT2D eigenvalue weighted by molar-refractivity contribution is -0.271. The molecule has 2 rings (SSSR count). The van der Waals surface area contributed by atoms with Gasteiger partial charge in [0.1, 0.15) is 24.1 Å². The number of carboxylic acids is 2. The lowest BCUT2D eigenvalue weighted by Gasteiger charge is -2.38. The highest BCUT2D eigenvalue weighted by atomic mass is 16.7. The molecule has 0 bridgehead atoms. The van der Waals surface area contributed by atoms with Crippen LogP contribution in [0.25, 0.3) is 0 Å². The van der Waals surface area contributed by atoms with E-state index in [1.165, 1.54) is 0 Å². The first-order valence-electron chi connectivity index (χ1n) is 10.3. The first kappa shape index (κ1) is 25.0. The van der Waals surface area contributed by atoms with Gasteiger partial charge in [-0.1, -0.05) is 19.1 Å². The number of hydrogen-bond acceptors (Lipinski definition) is 8. The predicted molar refractivity (Wildman–Crippen MR) is 109 cm³/mol. The molecular weight excluding hydrogens is 410 g/mol. The molecular formula is C21H31NO9. The first-order valence-corrected chi connectivity index (χ1v) is 10.3. The summed E-state index contributed by atoms with van der Waals surface area (Å²) in [5.41, 5.74) is 1.01. The molecule has 1 heterocycles. The number of aliphatic hydroxyl groups excluding tert-OH is 3. The molecule has 1 aromatic rings. The third-order valence-electron chi connectivity index (χ3n) is 5.39. The molecule has 0 amide bonds. The Morgan fingerprint density at radius 2 is 1.74 bits per heavy atom. The van der Waals surface area contributed by atoms with Gasteiger partial charge in [0.25, 0.3) is 0 Å². The minimum Gasteiger partial charge on any atom is -0.481 e. The highest BCUT2D eigenvalue weighted by Crippen LogP contribution is 2.25. The van der Waals surface area contributed by atoms with Crippen molar-refractivity contribution in [1.82, 2.24) is 4.90 Å². The Kier molecular flexibility index (Phi) is 9.20. The Morgan fingerprint density at radius 1 is 1.10 bits per heavy atom. The fourth-order valence-electron chi connectivity index (χ4n) is 3.58. The third kappa shape index (κ3) is 6.88. The summed E-state index contributed by atoms with van der Waals surface area (Å²) in [6.45, 7) is 5.60. The summed E-state index contributed by atoms with van der Waals surface area (Å²) < 4.78 is 10.6. The Hall–Kier alpha value is -2.24. The quantitative estimate of drug-likeness (QED) is 0.318. The van der Waals surface area contributed by atoms with Crippen LogP contribution in [0.1, 0.15) is 32.3 Å². The highest BCUT2D eigenvalue weighted by molar-refractivity contribution is 5.73. The van der Waals surface area contributed by atoms with Gasteiger partial charge in [0.05, 0.1) is 0 Å². The van der Waals surface area contributed by atoms with E-state index in [0.717, 1.165) is 18.5 Å². The Balaban J connectivity index is 1.95. The summed E-state index contributed by atoms with van der Waals surface area (Å²) in [7, 11) is 0. The molecule has 0 aliphatic carbocycles. The second kappa shape index (κ2) is 11.4. The number of ether oxygens (including phenoxy) is 2. The molecule has 1 aromatic carbocycles. The Bertz CT molecular complexity index is 726. The third-order valence-corrected chi connectivity index (χ3v) is 5.39. The average Bonchev–Trinajstić information content (AvgIpc) is 2.72. The van der Waals surface area contributed by atoms with Crippen molar-refractivity contribution in [1.29, 1.82) is 0 Å². The number of carboxylic acid groups (broad SMARTS) is 2. The van der Waals surface area contributed by atoms with E-state index in [-0.39, 0.29) is 12.5 Å². The van der Waals surface area contributed by atoms with Crippen LogP contribution < -0.4 is 4.74 Å². The van der Waals surface area contributed by atoms with Crippen molar-refractivity contribution in [2.75, 3.05) is 13.1 Å². The monoisotopic (exact) mass is 441 g/mol. The molecule has 6 atom stereocenters. The van der Waals surface area contributed by atoms with Gasteiger partial charge in [0.2, 0.25) is 6.29 Å². The summed E-state index contributed by atoms with van der Waals surface area (Å²) in [5.74, 6) is -1.97. The van der Waals surface area contributed by atoms with Crippen molar-refractivity contribution in [3.8, 4) is 5.75 Å². The standard InChI is InChI=1S/C21H31NO9/c1-3-22(10-4-5-15(23)24)12(2)11-13-6-8-14(9-7-13)30-21-18(27)16(25)17(26)19(31-21)20(28)29/h6-9,12,16-19,21,25-27H,3-5,10-11H2,1-2H3,(H,23,24)(H,28,29)/t12-,16-,17-,18+,19-,21+/m0/s1. The van der Waals surface area contributed by atoms with E-state index >= 15 is 0 Å². The van der Waals surface area contributed by atoms with Crippen LogP contribution in [0.2, 0.25) is 0 Å². The molecule has 0 aromatic heterocycles. The van der Waals surface area contributed by atoms with Gasteiger partial charge in [0.15, 0.2) is 6.10 Å². The molecule has 0 spiro atoms. The van der Waals surface area contributed by atoms with Gasteiger partial charge in [-0.2, -0.15) is 0 Å². The van der Waals surface area contributed by atoms with E-state index in [2.05, 4.69) is 11.8 Å². The van der Waals surface area contributed by atoms with E-state index in [9.17, 15) is 24.9 Å². The van der Waals surface area contributed by atoms with Gasteiger partial charge >= 0.3 is 11.9 Å². The minimum atomic E-state index is -1.77. The molecule has 1 saturated heterocycles. The highest BCUT2D eigenvalue weighted by Gasteiger charge is 2.48. The second-order valence-corrected chi connectivity index (χ2v) is 7.68. The second-order valence-electron chi connectivity index (χ2n) is 7.68. The normalized spacial score (nSPS) is 27.1. The van der Waals surface area contributed by atoms with E-state index in [1.54, 1.807) is 12.1 Å². The largest absolute Gasteiger partial charge is 0.481 e. The molecule has 31 heavy (non-hydrogen) atoms. The summed E-state index contributed by atoms with van der Waals surface area (Å²) in [6, 6.07) is 7.14. The van der Waals surface area contributed by atoms with Crippen molar-refractivity contribution >= 4 is 11.9 Å². The minimum absolute atomic E-state index is 0.138. The number of benzene rings is 1. The fourth-order valence-corrected chi connectivity index (χ4v) is 3.58. The van der Waals surface area contributed by atoms with Crippen LogP contribution in [0, 0.1) is 0 Å². The summed E-state index contributed by atoms with van der Waals surface area (Å²) >= 11 is 0. The molecule has 0 radical (unpaired) electrons. The molecule has 1 aliphatic rings. The molecule has 1 aliphatic heterocycles. The fraction of sp³-hybridized carbons (Fsp3) is 0.619. The van der Waals surface area contributed by atoms with Crippen LogP contribution in [-0.2, 0) is 20.7 Å². The van der Waals surface area contributed by atoms with E-state index in [4.69, 9.17) is 19.7 Å². The van der Waals surface area contributed by atoms with E-state index in [1.807, 2.05) is 19.1 Å². The van der Waals surface area contributed by atoms with Crippen molar-refractivity contribution in [3.05, 3.63) is 29.8 Å². The zero-order valence-corrected chi connectivity index (χ0v) is 17.6. The Labute approximate surface area is 180 Å². The molecule has 5 N–H and O–H groups in total. The van der Waals surface area contributed by atoms with Crippen LogP contribution in [0.5, 0.6) is 5.75 Å². The van der Waals surface area contributed by atoms with Crippen molar-refractivity contribution in [3.63, 3.8) is 0 Å². The maximum absolute atomic E-state index is 11.2. The number of hydrogen-bond donors (Lipinski definition) is 5. The van der Waals surface area contributed by atoms with Crippen LogP contribution in [0.3, 0.4) is 0 Å². The van der Waals surface area contributed by atoms with Crippen LogP contribution in [-0.4, -0.2) is 92.2 Å². The number of nitrogens with zero attached hydrogens (tertiary/aromatic N) is 1. The van der Waals surface area contributed by atoms with Crippen LogP contribution >= 0.6 is 0 Å². The molecule has 10 nitrogen and oxygen atoms in total. The topological polar surface area (TPSA) is 157 Å². The van der Waals surface area contributed by atoms with Crippen LogP contribution in [0.4, 0.5) is 0 Å². The molecule has 174 valence electrons. The van der Waals surface area contributed by atoms with Crippen LogP contribution in [0.15, 0.2) is 24.3 Å².